The van der Waals surface area contributed by atoms with Crippen LogP contribution in [-0.2, 0) is 16.6 Å². The first-order valence-corrected chi connectivity index (χ1v) is 12.9. The van der Waals surface area contributed by atoms with Crippen molar-refractivity contribution in [1.29, 1.82) is 0 Å². The monoisotopic (exact) mass is 512 g/mol. The Morgan fingerprint density at radius 3 is 2.44 bits per heavy atom. The Kier molecular flexibility index (Phi) is 7.20. The van der Waals surface area contributed by atoms with Crippen molar-refractivity contribution >= 4 is 27.3 Å². The third-order valence-electron chi connectivity index (χ3n) is 6.08. The summed E-state index contributed by atoms with van der Waals surface area (Å²) < 4.78 is 28.3. The van der Waals surface area contributed by atoms with Gasteiger partial charge >= 0.3 is 0 Å². The number of nitro groups is 1. The van der Waals surface area contributed by atoms with Crippen LogP contribution in [0.1, 0.15) is 38.1 Å². The number of hydrogen-bond donors (Lipinski definition) is 2. The van der Waals surface area contributed by atoms with Gasteiger partial charge in [-0.1, -0.05) is 30.3 Å². The smallest absolute Gasteiger partial charge is 0.269 e. The maximum Gasteiger partial charge on any atom is 0.269 e. The van der Waals surface area contributed by atoms with E-state index in [-0.39, 0.29) is 28.7 Å². The molecule has 0 fully saturated rings. The lowest BCUT2D eigenvalue weighted by molar-refractivity contribution is -0.384. The third-order valence-corrected chi connectivity index (χ3v) is 8.06. The molecule has 1 aliphatic heterocycles. The standard InChI is InChI=1S/C24H28N6O5S/c1-16(2)28(14-18-7-5-4-6-8-18)23-21-22(26-15-27-23)25-13-17(3)29(24(21)31)36(34,35)20-11-9-19(10-12-20)30(32)33/h4-12,15-17,24,31H,13-14H2,1-3H3,(H,25,26,27)/t17-,24+/m1/s1. The van der Waals surface area contributed by atoms with E-state index in [4.69, 9.17) is 0 Å². The molecule has 0 saturated heterocycles. The summed E-state index contributed by atoms with van der Waals surface area (Å²) in [5, 5.41) is 25.7. The van der Waals surface area contributed by atoms with Crippen molar-refractivity contribution in [2.45, 2.75) is 50.5 Å². The van der Waals surface area contributed by atoms with E-state index >= 15 is 0 Å². The Morgan fingerprint density at radius 1 is 1.17 bits per heavy atom. The largest absolute Gasteiger partial charge is 0.373 e. The predicted octanol–water partition coefficient (Wildman–Crippen LogP) is 3.30. The van der Waals surface area contributed by atoms with E-state index in [1.165, 1.54) is 18.5 Å². The van der Waals surface area contributed by atoms with Crippen molar-refractivity contribution < 1.29 is 18.4 Å². The SMILES string of the molecule is CC(C)N(Cc1ccccc1)c1ncnc2c1[C@H](O)N(S(=O)(=O)c1ccc([N+](=O)[O-])cc1)[C@H](C)CN2. The summed E-state index contributed by atoms with van der Waals surface area (Å²) in [5.41, 5.74) is 1.05. The van der Waals surface area contributed by atoms with Gasteiger partial charge in [-0.05, 0) is 38.5 Å². The van der Waals surface area contributed by atoms with Crippen LogP contribution in [-0.4, -0.2) is 51.3 Å². The molecule has 4 rings (SSSR count). The van der Waals surface area contributed by atoms with Crippen molar-refractivity contribution in [2.75, 3.05) is 16.8 Å². The van der Waals surface area contributed by atoms with Gasteiger partial charge in [0.1, 0.15) is 18.0 Å². The van der Waals surface area contributed by atoms with Crippen LogP contribution in [0.2, 0.25) is 0 Å². The highest BCUT2D eigenvalue weighted by Crippen LogP contribution is 2.39. The second-order valence-electron chi connectivity index (χ2n) is 8.86. The molecule has 2 heterocycles. The van der Waals surface area contributed by atoms with E-state index in [2.05, 4.69) is 15.3 Å². The molecule has 2 atom stereocenters. The number of nitrogens with zero attached hydrogens (tertiary/aromatic N) is 5. The molecular formula is C24H28N6O5S. The lowest BCUT2D eigenvalue weighted by atomic mass is 10.1. The van der Waals surface area contributed by atoms with Gasteiger partial charge in [0.2, 0.25) is 10.0 Å². The van der Waals surface area contributed by atoms with Gasteiger partial charge in [0.05, 0.1) is 15.4 Å². The molecule has 0 amide bonds. The molecule has 2 aromatic carbocycles. The molecular weight excluding hydrogens is 484 g/mol. The zero-order valence-electron chi connectivity index (χ0n) is 20.1. The second-order valence-corrected chi connectivity index (χ2v) is 10.7. The molecule has 1 aromatic heterocycles. The third kappa shape index (κ3) is 4.87. The summed E-state index contributed by atoms with van der Waals surface area (Å²) in [6.07, 6.45) is -0.210. The Hall–Kier alpha value is -3.61. The van der Waals surface area contributed by atoms with E-state index < -0.39 is 27.2 Å². The van der Waals surface area contributed by atoms with Gasteiger partial charge in [0.25, 0.3) is 5.69 Å². The number of non-ortho nitro benzene ring substituents is 1. The Bertz CT molecular complexity index is 1330. The van der Waals surface area contributed by atoms with Crippen molar-refractivity contribution in [2.24, 2.45) is 0 Å². The van der Waals surface area contributed by atoms with Crippen LogP contribution in [0.25, 0.3) is 0 Å². The minimum Gasteiger partial charge on any atom is -0.373 e. The summed E-state index contributed by atoms with van der Waals surface area (Å²) in [5.74, 6) is 0.760. The zero-order valence-corrected chi connectivity index (χ0v) is 21.0. The van der Waals surface area contributed by atoms with Gasteiger partial charge < -0.3 is 15.3 Å². The highest BCUT2D eigenvalue weighted by atomic mass is 32.2. The molecule has 0 aliphatic carbocycles. The highest BCUT2D eigenvalue weighted by molar-refractivity contribution is 7.89. The molecule has 11 nitrogen and oxygen atoms in total. The molecule has 190 valence electrons. The first-order chi connectivity index (χ1) is 17.1. The number of anilines is 2. The van der Waals surface area contributed by atoms with E-state index in [1.54, 1.807) is 6.92 Å². The quantitative estimate of drug-likeness (QED) is 0.360. The lowest BCUT2D eigenvalue weighted by Gasteiger charge is -2.34. The van der Waals surface area contributed by atoms with Crippen LogP contribution in [0.3, 0.4) is 0 Å². The van der Waals surface area contributed by atoms with Crippen LogP contribution in [0, 0.1) is 10.1 Å². The van der Waals surface area contributed by atoms with Crippen LogP contribution >= 0.6 is 0 Å². The Morgan fingerprint density at radius 2 is 1.83 bits per heavy atom. The average Bonchev–Trinajstić information content (AvgIpc) is 2.99. The molecule has 0 unspecified atom stereocenters. The summed E-state index contributed by atoms with van der Waals surface area (Å²) in [6, 6.07) is 13.7. The molecule has 1 aliphatic rings. The summed E-state index contributed by atoms with van der Waals surface area (Å²) in [7, 11) is -4.24. The minimum absolute atomic E-state index is 0.0307. The summed E-state index contributed by atoms with van der Waals surface area (Å²) in [4.78, 5) is 21.0. The van der Waals surface area contributed by atoms with Gasteiger partial charge in [0.15, 0.2) is 6.23 Å². The van der Waals surface area contributed by atoms with Crippen molar-refractivity contribution in [3.63, 3.8) is 0 Å². The minimum atomic E-state index is -4.24. The Labute approximate surface area is 209 Å². The number of nitro benzene ring substituents is 1. The van der Waals surface area contributed by atoms with Gasteiger partial charge in [-0.15, -0.1) is 0 Å². The number of fused-ring (bicyclic) bond motifs is 1. The Balaban J connectivity index is 1.79. The maximum absolute atomic E-state index is 13.7. The number of aliphatic hydroxyl groups is 1. The number of hydrogen-bond acceptors (Lipinski definition) is 9. The molecule has 0 bridgehead atoms. The van der Waals surface area contributed by atoms with E-state index in [1.807, 2.05) is 49.1 Å². The second kappa shape index (κ2) is 10.2. The molecule has 12 heteroatoms. The molecule has 0 spiro atoms. The normalized spacial score (nSPS) is 18.2. The fourth-order valence-electron chi connectivity index (χ4n) is 4.21. The number of benzene rings is 2. The summed E-state index contributed by atoms with van der Waals surface area (Å²) >= 11 is 0. The van der Waals surface area contributed by atoms with E-state index in [9.17, 15) is 23.6 Å². The highest BCUT2D eigenvalue weighted by Gasteiger charge is 2.41. The number of nitrogens with one attached hydrogen (secondary N) is 1. The number of aliphatic hydroxyl groups excluding tert-OH is 1. The molecule has 0 saturated carbocycles. The molecule has 0 radical (unpaired) electrons. The fraction of sp³-hybridized carbons (Fsp3) is 0.333. The van der Waals surface area contributed by atoms with Gasteiger partial charge in [-0.2, -0.15) is 4.31 Å². The van der Waals surface area contributed by atoms with E-state index in [0.29, 0.717) is 18.2 Å². The van der Waals surface area contributed by atoms with Gasteiger partial charge in [-0.3, -0.25) is 10.1 Å². The number of aromatic nitrogens is 2. The average molecular weight is 513 g/mol. The first kappa shape index (κ1) is 25.5. The van der Waals surface area contributed by atoms with Crippen LogP contribution in [0.4, 0.5) is 17.3 Å². The zero-order chi connectivity index (χ0) is 26.0. The molecule has 3 aromatic rings. The first-order valence-electron chi connectivity index (χ1n) is 11.5. The van der Waals surface area contributed by atoms with Crippen molar-refractivity contribution in [1.82, 2.24) is 14.3 Å². The lowest BCUT2D eigenvalue weighted by Crippen LogP contribution is -2.43. The van der Waals surface area contributed by atoms with Crippen molar-refractivity contribution in [3.05, 3.63) is 82.2 Å². The number of rotatable bonds is 7. The summed E-state index contributed by atoms with van der Waals surface area (Å²) in [6.45, 7) is 6.32. The van der Waals surface area contributed by atoms with Crippen molar-refractivity contribution in [3.8, 4) is 0 Å². The predicted molar refractivity (Wildman–Crippen MR) is 135 cm³/mol. The topological polar surface area (TPSA) is 142 Å². The van der Waals surface area contributed by atoms with Crippen LogP contribution in [0.15, 0.2) is 65.8 Å². The number of sulfonamides is 1. The van der Waals surface area contributed by atoms with Gasteiger partial charge in [-0.25, -0.2) is 18.4 Å². The van der Waals surface area contributed by atoms with E-state index in [0.717, 1.165) is 22.0 Å². The van der Waals surface area contributed by atoms with Crippen LogP contribution < -0.4 is 10.2 Å². The maximum atomic E-state index is 13.7. The fourth-order valence-corrected chi connectivity index (χ4v) is 5.85. The van der Waals surface area contributed by atoms with Crippen LogP contribution in [0.5, 0.6) is 0 Å². The molecule has 2 N–H and O–H groups in total. The van der Waals surface area contributed by atoms with Gasteiger partial charge in [0, 0.05) is 37.3 Å². The molecule has 36 heavy (non-hydrogen) atoms.